The maximum atomic E-state index is 12.9. The van der Waals surface area contributed by atoms with Gasteiger partial charge in [0.1, 0.15) is 12.4 Å². The molecule has 3 rings (SSSR count). The van der Waals surface area contributed by atoms with Crippen LogP contribution in [0.1, 0.15) is 56.3 Å². The topological polar surface area (TPSA) is 49.9 Å². The van der Waals surface area contributed by atoms with Crippen molar-refractivity contribution in [1.82, 2.24) is 9.80 Å². The molecule has 1 aliphatic carbocycles. The Kier molecular flexibility index (Phi) is 6.40. The summed E-state index contributed by atoms with van der Waals surface area (Å²) in [5.74, 6) is 1.59. The lowest BCUT2D eigenvalue weighted by Gasteiger charge is -2.34. The highest BCUT2D eigenvalue weighted by molar-refractivity contribution is 5.96. The van der Waals surface area contributed by atoms with Crippen LogP contribution in [0.15, 0.2) is 24.3 Å². The fourth-order valence-corrected chi connectivity index (χ4v) is 3.76. The van der Waals surface area contributed by atoms with E-state index in [-0.39, 0.29) is 17.9 Å². The number of carbonyl (C=O) groups is 2. The molecule has 148 valence electrons. The third kappa shape index (κ3) is 5.02. The van der Waals surface area contributed by atoms with Crippen molar-refractivity contribution in [2.24, 2.45) is 11.8 Å². The van der Waals surface area contributed by atoms with Crippen molar-refractivity contribution in [2.75, 3.05) is 26.7 Å². The Bertz CT molecular complexity index is 669. The van der Waals surface area contributed by atoms with E-state index in [1.54, 1.807) is 4.90 Å². The maximum absolute atomic E-state index is 12.9. The summed E-state index contributed by atoms with van der Waals surface area (Å²) >= 11 is 0. The number of carbonyl (C=O) groups excluding carboxylic acids is 2. The number of nitrogens with zero attached hydrogens (tertiary/aromatic N) is 2. The number of rotatable bonds is 3. The highest BCUT2D eigenvalue weighted by Gasteiger charge is 2.36. The van der Waals surface area contributed by atoms with Crippen LogP contribution in [0.3, 0.4) is 0 Å². The lowest BCUT2D eigenvalue weighted by Crippen LogP contribution is -2.46. The summed E-state index contributed by atoms with van der Waals surface area (Å²) in [6, 6.07) is 7.49. The third-order valence-electron chi connectivity index (χ3n) is 5.43. The van der Waals surface area contributed by atoms with Gasteiger partial charge in [0.25, 0.3) is 5.91 Å². The van der Waals surface area contributed by atoms with Crippen molar-refractivity contribution in [3.05, 3.63) is 29.8 Å². The van der Waals surface area contributed by atoms with E-state index in [9.17, 15) is 9.59 Å². The molecule has 5 nitrogen and oxygen atoms in total. The fourth-order valence-electron chi connectivity index (χ4n) is 3.76. The zero-order valence-corrected chi connectivity index (χ0v) is 16.8. The standard InChI is InChI=1S/C22H32N2O3/c1-16(2)14-18-15-27-20-9-5-4-8-19(20)22(26)23(3)12-6-7-13-24(18)21(25)17-10-11-17/h4-5,8-9,16-18H,6-7,10-15H2,1-3H3/t18-/m0/s1. The third-order valence-corrected chi connectivity index (χ3v) is 5.43. The van der Waals surface area contributed by atoms with Crippen LogP contribution in [0, 0.1) is 11.8 Å². The summed E-state index contributed by atoms with van der Waals surface area (Å²) in [5, 5.41) is 0. The quantitative estimate of drug-likeness (QED) is 0.815. The molecular formula is C22H32N2O3. The van der Waals surface area contributed by atoms with Gasteiger partial charge in [-0.15, -0.1) is 0 Å². The van der Waals surface area contributed by atoms with Gasteiger partial charge >= 0.3 is 0 Å². The van der Waals surface area contributed by atoms with Gasteiger partial charge in [-0.25, -0.2) is 0 Å². The molecule has 5 heteroatoms. The molecule has 0 spiro atoms. The van der Waals surface area contributed by atoms with Crippen LogP contribution in [0.25, 0.3) is 0 Å². The maximum Gasteiger partial charge on any atom is 0.257 e. The van der Waals surface area contributed by atoms with Gasteiger partial charge < -0.3 is 14.5 Å². The zero-order valence-electron chi connectivity index (χ0n) is 16.8. The molecule has 0 aromatic heterocycles. The van der Waals surface area contributed by atoms with Gasteiger partial charge in [0.05, 0.1) is 11.6 Å². The van der Waals surface area contributed by atoms with Crippen molar-refractivity contribution in [3.63, 3.8) is 0 Å². The van der Waals surface area contributed by atoms with Gasteiger partial charge in [-0.05, 0) is 50.2 Å². The second-order valence-corrected chi connectivity index (χ2v) is 8.33. The molecule has 0 N–H and O–H groups in total. The lowest BCUT2D eigenvalue weighted by atomic mass is 10.0. The molecule has 1 atom stereocenters. The second-order valence-electron chi connectivity index (χ2n) is 8.33. The van der Waals surface area contributed by atoms with E-state index in [0.29, 0.717) is 36.3 Å². The van der Waals surface area contributed by atoms with E-state index in [1.165, 1.54) is 0 Å². The molecule has 0 unspecified atom stereocenters. The molecule has 1 saturated carbocycles. The van der Waals surface area contributed by atoms with E-state index < -0.39 is 0 Å². The van der Waals surface area contributed by atoms with Crippen molar-refractivity contribution in [2.45, 2.75) is 52.0 Å². The van der Waals surface area contributed by atoms with Crippen LogP contribution in [-0.4, -0.2) is 54.4 Å². The molecule has 0 saturated heterocycles. The SMILES string of the molecule is CC(C)C[C@H]1COc2ccccc2C(=O)N(C)CCCCN1C(=O)C1CC1. The van der Waals surface area contributed by atoms with Crippen LogP contribution >= 0.6 is 0 Å². The van der Waals surface area contributed by atoms with Gasteiger partial charge in [0.2, 0.25) is 5.91 Å². The average molecular weight is 373 g/mol. The van der Waals surface area contributed by atoms with Crippen LogP contribution < -0.4 is 4.74 Å². The van der Waals surface area contributed by atoms with Crippen LogP contribution in [0.2, 0.25) is 0 Å². The van der Waals surface area contributed by atoms with E-state index in [4.69, 9.17) is 4.74 Å². The summed E-state index contributed by atoms with van der Waals surface area (Å²) in [6.07, 6.45) is 4.75. The number of benzene rings is 1. The molecule has 1 aromatic rings. The Hall–Kier alpha value is -2.04. The highest BCUT2D eigenvalue weighted by Crippen LogP contribution is 2.33. The Morgan fingerprint density at radius 2 is 1.89 bits per heavy atom. The predicted molar refractivity (Wildman–Crippen MR) is 106 cm³/mol. The van der Waals surface area contributed by atoms with Gasteiger partial charge in [-0.2, -0.15) is 0 Å². The smallest absolute Gasteiger partial charge is 0.257 e. The molecular weight excluding hydrogens is 340 g/mol. The van der Waals surface area contributed by atoms with Crippen LogP contribution in [0.4, 0.5) is 0 Å². The molecule has 0 radical (unpaired) electrons. The van der Waals surface area contributed by atoms with Gasteiger partial charge in [-0.1, -0.05) is 26.0 Å². The minimum atomic E-state index is -0.00232. The number of para-hydroxylation sites is 1. The van der Waals surface area contributed by atoms with Gasteiger partial charge in [0, 0.05) is 26.1 Å². The fraction of sp³-hybridized carbons (Fsp3) is 0.636. The molecule has 1 aliphatic heterocycles. The number of hydrogen-bond donors (Lipinski definition) is 0. The first-order valence-electron chi connectivity index (χ1n) is 10.2. The summed E-state index contributed by atoms with van der Waals surface area (Å²) < 4.78 is 6.13. The Balaban J connectivity index is 1.87. The first kappa shape index (κ1) is 19.7. The molecule has 1 aromatic carbocycles. The minimum absolute atomic E-state index is 0.00232. The first-order valence-corrected chi connectivity index (χ1v) is 10.2. The van der Waals surface area contributed by atoms with E-state index in [0.717, 1.165) is 38.6 Å². The Labute approximate surface area is 162 Å². The van der Waals surface area contributed by atoms with Gasteiger partial charge in [-0.3, -0.25) is 9.59 Å². The molecule has 27 heavy (non-hydrogen) atoms. The summed E-state index contributed by atoms with van der Waals surface area (Å²) in [5.41, 5.74) is 0.601. The monoisotopic (exact) mass is 372 g/mol. The van der Waals surface area contributed by atoms with Crippen LogP contribution in [-0.2, 0) is 4.79 Å². The van der Waals surface area contributed by atoms with Crippen molar-refractivity contribution < 1.29 is 14.3 Å². The molecule has 1 fully saturated rings. The average Bonchev–Trinajstić information content (AvgIpc) is 3.48. The highest BCUT2D eigenvalue weighted by atomic mass is 16.5. The van der Waals surface area contributed by atoms with E-state index in [1.807, 2.05) is 31.3 Å². The first-order chi connectivity index (χ1) is 13.0. The van der Waals surface area contributed by atoms with Crippen molar-refractivity contribution in [3.8, 4) is 5.75 Å². The summed E-state index contributed by atoms with van der Waals surface area (Å²) in [4.78, 5) is 29.5. The second kappa shape index (κ2) is 8.77. The van der Waals surface area contributed by atoms with Crippen molar-refractivity contribution >= 4 is 11.8 Å². The lowest BCUT2D eigenvalue weighted by molar-refractivity contribution is -0.136. The molecule has 2 amide bonds. The minimum Gasteiger partial charge on any atom is -0.491 e. The van der Waals surface area contributed by atoms with Crippen molar-refractivity contribution in [1.29, 1.82) is 0 Å². The van der Waals surface area contributed by atoms with E-state index in [2.05, 4.69) is 18.7 Å². The predicted octanol–water partition coefficient (Wildman–Crippen LogP) is 3.58. The zero-order chi connectivity index (χ0) is 19.4. The molecule has 1 heterocycles. The summed E-state index contributed by atoms with van der Waals surface area (Å²) in [7, 11) is 1.83. The largest absolute Gasteiger partial charge is 0.491 e. The summed E-state index contributed by atoms with van der Waals surface area (Å²) in [6.45, 7) is 6.24. The number of fused-ring (bicyclic) bond motifs is 1. The van der Waals surface area contributed by atoms with E-state index >= 15 is 0 Å². The number of ether oxygens (including phenoxy) is 1. The van der Waals surface area contributed by atoms with Gasteiger partial charge in [0.15, 0.2) is 0 Å². The normalized spacial score (nSPS) is 21.9. The molecule has 2 aliphatic rings. The Morgan fingerprint density at radius 1 is 1.19 bits per heavy atom. The Morgan fingerprint density at radius 3 is 2.59 bits per heavy atom. The van der Waals surface area contributed by atoms with Crippen LogP contribution in [0.5, 0.6) is 5.75 Å². The molecule has 0 bridgehead atoms. The number of hydrogen-bond acceptors (Lipinski definition) is 3. The number of amides is 2.